The lowest BCUT2D eigenvalue weighted by molar-refractivity contribution is -0.145. The Bertz CT molecular complexity index is 658. The Morgan fingerprint density at radius 3 is 1.84 bits per heavy atom. The zero-order valence-electron chi connectivity index (χ0n) is 17.7. The van der Waals surface area contributed by atoms with Gasteiger partial charge in [0.05, 0.1) is 12.1 Å². The Labute approximate surface area is 185 Å². The molecule has 0 aromatic heterocycles. The zero-order chi connectivity index (χ0) is 24.3. The molecule has 0 radical (unpaired) electrons. The van der Waals surface area contributed by atoms with Crippen LogP contribution in [0.2, 0.25) is 0 Å². The van der Waals surface area contributed by atoms with Crippen molar-refractivity contribution >= 4 is 42.3 Å². The molecule has 0 saturated carbocycles. The number of carboxylic acids is 2. The fraction of sp³-hybridized carbons (Fsp3) is 0.722. The maximum absolute atomic E-state index is 12.6. The summed E-state index contributed by atoms with van der Waals surface area (Å²) in [5.74, 6) is -5.05. The molecule has 0 aliphatic carbocycles. The van der Waals surface area contributed by atoms with Gasteiger partial charge in [0, 0.05) is 12.2 Å². The maximum Gasteiger partial charge on any atom is 0.328 e. The lowest BCUT2D eigenvalue weighted by Crippen LogP contribution is -2.58. The lowest BCUT2D eigenvalue weighted by Gasteiger charge is -2.26. The monoisotopic (exact) mass is 464 g/mol. The first-order valence-corrected chi connectivity index (χ1v) is 10.3. The Morgan fingerprint density at radius 1 is 0.903 bits per heavy atom. The number of carbonyl (C=O) groups excluding carboxylic acids is 3. The van der Waals surface area contributed by atoms with Crippen LogP contribution in [0, 0.1) is 5.92 Å². The topological polar surface area (TPSA) is 208 Å². The molecule has 31 heavy (non-hydrogen) atoms. The van der Waals surface area contributed by atoms with E-state index in [9.17, 15) is 29.1 Å². The number of aliphatic hydroxyl groups excluding tert-OH is 1. The predicted molar refractivity (Wildman–Crippen MR) is 113 cm³/mol. The number of aliphatic carboxylic acids is 2. The molecule has 13 heteroatoms. The van der Waals surface area contributed by atoms with Gasteiger partial charge in [0.1, 0.15) is 12.1 Å². The van der Waals surface area contributed by atoms with Gasteiger partial charge in [0.25, 0.3) is 0 Å². The van der Waals surface area contributed by atoms with Gasteiger partial charge < -0.3 is 37.0 Å². The maximum atomic E-state index is 12.6. The first-order valence-electron chi connectivity index (χ1n) is 9.70. The molecule has 0 aromatic carbocycles. The molecular weight excluding hydrogens is 432 g/mol. The number of hydrogen-bond donors (Lipinski definition) is 8. The molecule has 0 bridgehead atoms. The smallest absolute Gasteiger partial charge is 0.328 e. The number of aliphatic hydroxyl groups is 1. The van der Waals surface area contributed by atoms with Crippen LogP contribution in [-0.2, 0) is 24.0 Å². The predicted octanol–water partition coefficient (Wildman–Crippen LogP) is -1.93. The van der Waals surface area contributed by atoms with Crippen LogP contribution in [0.3, 0.4) is 0 Å². The van der Waals surface area contributed by atoms with Crippen molar-refractivity contribution in [3.8, 4) is 0 Å². The van der Waals surface area contributed by atoms with E-state index in [1.807, 2.05) is 0 Å². The van der Waals surface area contributed by atoms with Crippen LogP contribution >= 0.6 is 12.6 Å². The van der Waals surface area contributed by atoms with Gasteiger partial charge in [-0.05, 0) is 25.7 Å². The van der Waals surface area contributed by atoms with Gasteiger partial charge in [-0.1, -0.05) is 13.8 Å². The van der Waals surface area contributed by atoms with E-state index in [1.165, 1.54) is 6.92 Å². The van der Waals surface area contributed by atoms with Crippen LogP contribution in [0.5, 0.6) is 0 Å². The van der Waals surface area contributed by atoms with Gasteiger partial charge in [-0.2, -0.15) is 12.6 Å². The number of carbonyl (C=O) groups is 5. The minimum atomic E-state index is -1.56. The fourth-order valence-electron chi connectivity index (χ4n) is 2.50. The molecule has 0 aliphatic heterocycles. The first-order chi connectivity index (χ1) is 14.3. The van der Waals surface area contributed by atoms with Crippen LogP contribution in [0.15, 0.2) is 0 Å². The third-order valence-electron chi connectivity index (χ3n) is 4.21. The Morgan fingerprint density at radius 2 is 1.42 bits per heavy atom. The molecule has 178 valence electrons. The Hall–Kier alpha value is -2.38. The van der Waals surface area contributed by atoms with Crippen LogP contribution in [0.1, 0.15) is 40.0 Å². The second-order valence-corrected chi connectivity index (χ2v) is 7.90. The second kappa shape index (κ2) is 13.8. The molecule has 0 rings (SSSR count). The number of hydrogen-bond acceptors (Lipinski definition) is 8. The average molecular weight is 465 g/mol. The molecule has 5 atom stereocenters. The van der Waals surface area contributed by atoms with E-state index in [1.54, 1.807) is 13.8 Å². The molecule has 0 heterocycles. The molecule has 0 spiro atoms. The van der Waals surface area contributed by atoms with Gasteiger partial charge in [-0.15, -0.1) is 0 Å². The van der Waals surface area contributed by atoms with E-state index >= 15 is 0 Å². The van der Waals surface area contributed by atoms with Crippen molar-refractivity contribution in [2.45, 2.75) is 70.3 Å². The van der Waals surface area contributed by atoms with E-state index in [0.29, 0.717) is 0 Å². The minimum absolute atomic E-state index is 0.0561. The highest BCUT2D eigenvalue weighted by Crippen LogP contribution is 2.07. The van der Waals surface area contributed by atoms with Crippen LogP contribution in [0.4, 0.5) is 0 Å². The van der Waals surface area contributed by atoms with E-state index < -0.39 is 59.9 Å². The Kier molecular flexibility index (Phi) is 12.8. The van der Waals surface area contributed by atoms with E-state index in [0.717, 1.165) is 0 Å². The summed E-state index contributed by atoms with van der Waals surface area (Å²) in [7, 11) is 0. The van der Waals surface area contributed by atoms with Gasteiger partial charge in [0.2, 0.25) is 17.7 Å². The molecule has 0 aliphatic rings. The highest BCUT2D eigenvalue weighted by atomic mass is 32.1. The second-order valence-electron chi connectivity index (χ2n) is 7.54. The van der Waals surface area contributed by atoms with Crippen molar-refractivity contribution in [3.05, 3.63) is 0 Å². The molecular formula is C18H32N4O8S. The Balaban J connectivity index is 5.21. The number of amides is 3. The van der Waals surface area contributed by atoms with Gasteiger partial charge >= 0.3 is 11.9 Å². The zero-order valence-corrected chi connectivity index (χ0v) is 18.6. The van der Waals surface area contributed by atoms with E-state index in [2.05, 4.69) is 28.6 Å². The third-order valence-corrected chi connectivity index (χ3v) is 4.57. The van der Waals surface area contributed by atoms with Crippen molar-refractivity contribution in [1.29, 1.82) is 0 Å². The van der Waals surface area contributed by atoms with Crippen LogP contribution in [-0.4, -0.2) is 81.0 Å². The summed E-state index contributed by atoms with van der Waals surface area (Å²) < 4.78 is 0. The number of nitrogens with one attached hydrogen (secondary N) is 3. The number of carboxylic acid groups (broad SMARTS) is 2. The molecule has 0 aromatic rings. The van der Waals surface area contributed by atoms with Crippen molar-refractivity contribution in [3.63, 3.8) is 0 Å². The lowest BCUT2D eigenvalue weighted by atomic mass is 10.0. The van der Waals surface area contributed by atoms with E-state index in [-0.39, 0.29) is 30.9 Å². The summed E-state index contributed by atoms with van der Waals surface area (Å²) in [6, 6.07) is -5.01. The van der Waals surface area contributed by atoms with Crippen molar-refractivity contribution in [2.24, 2.45) is 11.7 Å². The summed E-state index contributed by atoms with van der Waals surface area (Å²) in [6.07, 6.45) is -1.66. The summed E-state index contributed by atoms with van der Waals surface area (Å²) >= 11 is 4.01. The van der Waals surface area contributed by atoms with Gasteiger partial charge in [-0.3, -0.25) is 19.2 Å². The normalized spacial score (nSPS) is 15.8. The molecule has 12 nitrogen and oxygen atoms in total. The quantitative estimate of drug-likeness (QED) is 0.134. The highest BCUT2D eigenvalue weighted by molar-refractivity contribution is 7.80. The van der Waals surface area contributed by atoms with Crippen LogP contribution < -0.4 is 21.7 Å². The van der Waals surface area contributed by atoms with Crippen molar-refractivity contribution < 1.29 is 39.3 Å². The number of rotatable bonds is 14. The molecule has 3 amide bonds. The summed E-state index contributed by atoms with van der Waals surface area (Å²) in [4.78, 5) is 59.0. The fourth-order valence-corrected chi connectivity index (χ4v) is 2.76. The standard InChI is InChI=1S/C18H32N4O8S/c1-8(2)6-11(16(27)22-14(9(3)23)18(29)30)20-17(28)12(7-31)21-15(26)10(19)4-5-13(24)25/h8-12,14,23,31H,4-7,19H2,1-3H3,(H,20,28)(H,21,26)(H,22,27)(H,24,25)(H,29,30). The minimum Gasteiger partial charge on any atom is -0.481 e. The number of thiol groups is 1. The van der Waals surface area contributed by atoms with E-state index in [4.69, 9.17) is 15.9 Å². The largest absolute Gasteiger partial charge is 0.481 e. The van der Waals surface area contributed by atoms with Crippen molar-refractivity contribution in [1.82, 2.24) is 16.0 Å². The first kappa shape index (κ1) is 28.6. The highest BCUT2D eigenvalue weighted by Gasteiger charge is 2.31. The van der Waals surface area contributed by atoms with Gasteiger partial charge in [-0.25, -0.2) is 4.79 Å². The molecule has 5 unspecified atom stereocenters. The van der Waals surface area contributed by atoms with Gasteiger partial charge in [0.15, 0.2) is 6.04 Å². The summed E-state index contributed by atoms with van der Waals surface area (Å²) in [5.41, 5.74) is 5.62. The molecule has 8 N–H and O–H groups in total. The van der Waals surface area contributed by atoms with Crippen LogP contribution in [0.25, 0.3) is 0 Å². The third kappa shape index (κ3) is 11.0. The summed E-state index contributed by atoms with van der Waals surface area (Å²) in [6.45, 7) is 4.78. The SMILES string of the molecule is CC(C)CC(NC(=O)C(CS)NC(=O)C(N)CCC(=O)O)C(=O)NC(C(=O)O)C(C)O. The molecule has 0 saturated heterocycles. The number of nitrogens with two attached hydrogens (primary N) is 1. The molecule has 0 fully saturated rings. The average Bonchev–Trinajstić information content (AvgIpc) is 2.66. The van der Waals surface area contributed by atoms with Crippen molar-refractivity contribution in [2.75, 3.05) is 5.75 Å². The summed E-state index contributed by atoms with van der Waals surface area (Å²) in [5, 5.41) is 34.3.